The standard InChI is InChI=1S/C15H14N2/c1-3-7-12(8-4-1)14-11-15(17-16-14)13-9-5-2-6-10-13/h1-9,11,13H,10H2,(H,16,17). The predicted molar refractivity (Wildman–Crippen MR) is 69.7 cm³/mol. The average Bonchev–Trinajstić information content (AvgIpc) is 2.90. The Balaban J connectivity index is 1.88. The molecule has 0 spiro atoms. The van der Waals surface area contributed by atoms with E-state index in [9.17, 15) is 0 Å². The smallest absolute Gasteiger partial charge is 0.0700 e. The summed E-state index contributed by atoms with van der Waals surface area (Å²) in [5.41, 5.74) is 3.38. The van der Waals surface area contributed by atoms with Crippen LogP contribution < -0.4 is 0 Å². The van der Waals surface area contributed by atoms with Gasteiger partial charge < -0.3 is 0 Å². The number of H-pyrrole nitrogens is 1. The van der Waals surface area contributed by atoms with E-state index in [4.69, 9.17) is 0 Å². The molecular formula is C15H14N2. The van der Waals surface area contributed by atoms with Crippen LogP contribution in [0, 0.1) is 0 Å². The molecule has 1 aromatic heterocycles. The number of hydrogen-bond donors (Lipinski definition) is 1. The van der Waals surface area contributed by atoms with Gasteiger partial charge in [0.1, 0.15) is 0 Å². The molecule has 84 valence electrons. The number of hydrogen-bond acceptors (Lipinski definition) is 1. The normalized spacial score (nSPS) is 18.5. The quantitative estimate of drug-likeness (QED) is 0.825. The zero-order chi connectivity index (χ0) is 11.5. The molecule has 1 aromatic carbocycles. The summed E-state index contributed by atoms with van der Waals surface area (Å²) >= 11 is 0. The molecular weight excluding hydrogens is 208 g/mol. The van der Waals surface area contributed by atoms with Gasteiger partial charge in [0.15, 0.2) is 0 Å². The lowest BCUT2D eigenvalue weighted by molar-refractivity contribution is 0.805. The number of allylic oxidation sites excluding steroid dienone is 4. The van der Waals surface area contributed by atoms with Crippen molar-refractivity contribution in [2.75, 3.05) is 0 Å². The van der Waals surface area contributed by atoms with Crippen molar-refractivity contribution in [3.05, 3.63) is 66.4 Å². The molecule has 0 amide bonds. The highest BCUT2D eigenvalue weighted by atomic mass is 15.1. The van der Waals surface area contributed by atoms with Crippen molar-refractivity contribution in [2.24, 2.45) is 0 Å². The van der Waals surface area contributed by atoms with Crippen LogP contribution in [-0.4, -0.2) is 10.2 Å². The van der Waals surface area contributed by atoms with E-state index >= 15 is 0 Å². The molecule has 2 aromatic rings. The number of aromatic amines is 1. The maximum absolute atomic E-state index is 4.41. The van der Waals surface area contributed by atoms with Gasteiger partial charge in [-0.3, -0.25) is 5.10 Å². The fraction of sp³-hybridized carbons (Fsp3) is 0.133. The van der Waals surface area contributed by atoms with Crippen LogP contribution in [0.2, 0.25) is 0 Å². The Hall–Kier alpha value is -2.09. The summed E-state index contributed by atoms with van der Waals surface area (Å²) in [5, 5.41) is 7.52. The summed E-state index contributed by atoms with van der Waals surface area (Å²) in [6.45, 7) is 0. The second-order valence-corrected chi connectivity index (χ2v) is 4.23. The first-order chi connectivity index (χ1) is 8.43. The molecule has 0 bridgehead atoms. The molecule has 17 heavy (non-hydrogen) atoms. The van der Waals surface area contributed by atoms with Crippen LogP contribution in [0.1, 0.15) is 18.0 Å². The van der Waals surface area contributed by atoms with Crippen LogP contribution in [0.15, 0.2) is 60.7 Å². The van der Waals surface area contributed by atoms with Gasteiger partial charge >= 0.3 is 0 Å². The first-order valence-electron chi connectivity index (χ1n) is 5.87. The van der Waals surface area contributed by atoms with Crippen LogP contribution in [0.5, 0.6) is 0 Å². The summed E-state index contributed by atoms with van der Waals surface area (Å²) in [5.74, 6) is 0.411. The molecule has 0 aliphatic heterocycles. The van der Waals surface area contributed by atoms with Crippen molar-refractivity contribution in [1.29, 1.82) is 0 Å². The Kier molecular flexibility index (Phi) is 2.62. The summed E-state index contributed by atoms with van der Waals surface area (Å²) in [4.78, 5) is 0. The number of rotatable bonds is 2. The van der Waals surface area contributed by atoms with Crippen LogP contribution >= 0.6 is 0 Å². The summed E-state index contributed by atoms with van der Waals surface area (Å²) in [6, 6.07) is 12.4. The highest BCUT2D eigenvalue weighted by molar-refractivity contribution is 5.59. The van der Waals surface area contributed by atoms with Crippen molar-refractivity contribution < 1.29 is 0 Å². The first kappa shape index (κ1) is 10.1. The topological polar surface area (TPSA) is 28.7 Å². The van der Waals surface area contributed by atoms with Gasteiger partial charge in [0.05, 0.1) is 11.4 Å². The summed E-state index contributed by atoms with van der Waals surface area (Å²) in [7, 11) is 0. The van der Waals surface area contributed by atoms with E-state index in [0.29, 0.717) is 5.92 Å². The first-order valence-corrected chi connectivity index (χ1v) is 5.87. The lowest BCUT2D eigenvalue weighted by atomic mass is 9.97. The van der Waals surface area contributed by atoms with E-state index in [1.54, 1.807) is 0 Å². The molecule has 2 nitrogen and oxygen atoms in total. The number of nitrogens with one attached hydrogen (secondary N) is 1. The Morgan fingerprint density at radius 3 is 2.76 bits per heavy atom. The SMILES string of the molecule is C1=CCC(c2cc(-c3ccccc3)[nH]n2)C=C1. The van der Waals surface area contributed by atoms with Crippen molar-refractivity contribution in [1.82, 2.24) is 10.2 Å². The fourth-order valence-electron chi connectivity index (χ4n) is 2.09. The van der Waals surface area contributed by atoms with Gasteiger partial charge in [-0.2, -0.15) is 5.10 Å². The number of aromatic nitrogens is 2. The van der Waals surface area contributed by atoms with E-state index in [2.05, 4.69) is 52.7 Å². The van der Waals surface area contributed by atoms with Crippen LogP contribution in [0.4, 0.5) is 0 Å². The molecule has 1 N–H and O–H groups in total. The van der Waals surface area contributed by atoms with E-state index < -0.39 is 0 Å². The maximum Gasteiger partial charge on any atom is 0.0700 e. The molecule has 0 saturated heterocycles. The maximum atomic E-state index is 4.41. The average molecular weight is 222 g/mol. The minimum absolute atomic E-state index is 0.411. The Morgan fingerprint density at radius 1 is 1.12 bits per heavy atom. The highest BCUT2D eigenvalue weighted by Crippen LogP contribution is 2.26. The van der Waals surface area contributed by atoms with Crippen molar-refractivity contribution in [2.45, 2.75) is 12.3 Å². The van der Waals surface area contributed by atoms with Crippen LogP contribution in [0.25, 0.3) is 11.3 Å². The van der Waals surface area contributed by atoms with Gasteiger partial charge in [-0.05, 0) is 18.1 Å². The van der Waals surface area contributed by atoms with Gasteiger partial charge in [0, 0.05) is 5.92 Å². The largest absolute Gasteiger partial charge is 0.278 e. The predicted octanol–water partition coefficient (Wildman–Crippen LogP) is 3.68. The van der Waals surface area contributed by atoms with Crippen molar-refractivity contribution in [3.8, 4) is 11.3 Å². The van der Waals surface area contributed by atoms with Crippen LogP contribution in [-0.2, 0) is 0 Å². The van der Waals surface area contributed by atoms with Crippen molar-refractivity contribution >= 4 is 0 Å². The zero-order valence-electron chi connectivity index (χ0n) is 9.51. The van der Waals surface area contributed by atoms with Gasteiger partial charge in [-0.1, -0.05) is 54.6 Å². The van der Waals surface area contributed by atoms with E-state index in [-0.39, 0.29) is 0 Å². The lowest BCUT2D eigenvalue weighted by Crippen LogP contribution is -1.96. The van der Waals surface area contributed by atoms with Crippen molar-refractivity contribution in [3.63, 3.8) is 0 Å². The fourth-order valence-corrected chi connectivity index (χ4v) is 2.09. The van der Waals surface area contributed by atoms with Crippen LogP contribution in [0.3, 0.4) is 0 Å². The van der Waals surface area contributed by atoms with Gasteiger partial charge in [0.2, 0.25) is 0 Å². The van der Waals surface area contributed by atoms with Gasteiger partial charge in [-0.15, -0.1) is 0 Å². The molecule has 0 radical (unpaired) electrons. The molecule has 0 fully saturated rings. The van der Waals surface area contributed by atoms with Gasteiger partial charge in [0.25, 0.3) is 0 Å². The molecule has 1 aliphatic rings. The second kappa shape index (κ2) is 4.42. The summed E-state index contributed by atoms with van der Waals surface area (Å²) in [6.07, 6.45) is 9.59. The molecule has 1 heterocycles. The van der Waals surface area contributed by atoms with E-state index in [1.807, 2.05) is 18.2 Å². The van der Waals surface area contributed by atoms with Gasteiger partial charge in [-0.25, -0.2) is 0 Å². The number of nitrogens with zero attached hydrogens (tertiary/aromatic N) is 1. The minimum atomic E-state index is 0.411. The second-order valence-electron chi connectivity index (χ2n) is 4.23. The third kappa shape index (κ3) is 2.07. The van der Waals surface area contributed by atoms with E-state index in [0.717, 1.165) is 17.8 Å². The highest BCUT2D eigenvalue weighted by Gasteiger charge is 2.12. The number of benzene rings is 1. The Morgan fingerprint density at radius 2 is 2.00 bits per heavy atom. The molecule has 2 heteroatoms. The Labute approximate surface area is 101 Å². The van der Waals surface area contributed by atoms with E-state index in [1.165, 1.54) is 5.56 Å². The molecule has 3 rings (SSSR count). The molecule has 1 unspecified atom stereocenters. The monoisotopic (exact) mass is 222 g/mol. The minimum Gasteiger partial charge on any atom is -0.278 e. The molecule has 1 atom stereocenters. The lowest BCUT2D eigenvalue weighted by Gasteiger charge is -2.08. The molecule has 1 aliphatic carbocycles. The molecule has 0 saturated carbocycles. The zero-order valence-corrected chi connectivity index (χ0v) is 9.51. The Bertz CT molecular complexity index is 549. The third-order valence-electron chi connectivity index (χ3n) is 3.04. The summed E-state index contributed by atoms with van der Waals surface area (Å²) < 4.78 is 0. The third-order valence-corrected chi connectivity index (χ3v) is 3.04.